The molecule has 2 aliphatic rings. The summed E-state index contributed by atoms with van der Waals surface area (Å²) in [5.41, 5.74) is 0.513. The van der Waals surface area contributed by atoms with Gasteiger partial charge in [0.1, 0.15) is 5.69 Å². The number of piperazine rings is 1. The molecule has 1 N–H and O–H groups in total. The third-order valence-corrected chi connectivity index (χ3v) is 4.26. The van der Waals surface area contributed by atoms with Gasteiger partial charge in [0, 0.05) is 45.0 Å². The highest BCUT2D eigenvalue weighted by Crippen LogP contribution is 2.16. The smallest absolute Gasteiger partial charge is 0.272 e. The first-order valence-corrected chi connectivity index (χ1v) is 7.85. The van der Waals surface area contributed by atoms with Crippen molar-refractivity contribution in [1.29, 1.82) is 0 Å². The van der Waals surface area contributed by atoms with E-state index in [1.165, 1.54) is 19.3 Å². The van der Waals surface area contributed by atoms with Gasteiger partial charge < -0.3 is 15.1 Å². The Balaban J connectivity index is 0.00000132. The molecule has 1 amide bonds. The van der Waals surface area contributed by atoms with Crippen LogP contribution in [-0.2, 0) is 0 Å². The Morgan fingerprint density at radius 2 is 1.96 bits per heavy atom. The predicted octanol–water partition coefficient (Wildman–Crippen LogP) is 1.74. The molecule has 0 aliphatic carbocycles. The molecule has 3 rings (SSSR count). The van der Waals surface area contributed by atoms with E-state index in [0.29, 0.717) is 11.6 Å². The third kappa shape index (κ3) is 4.68. The van der Waals surface area contributed by atoms with Crippen LogP contribution in [0.2, 0.25) is 0 Å². The number of aromatic nitrogens is 2. The highest BCUT2D eigenvalue weighted by molar-refractivity contribution is 5.92. The molecule has 2 fully saturated rings. The molecule has 0 bridgehead atoms. The normalized spacial score (nSPS) is 21.2. The Hall–Kier alpha value is -1.11. The summed E-state index contributed by atoms with van der Waals surface area (Å²) in [5.74, 6) is 0.716. The first-order valence-electron chi connectivity index (χ1n) is 7.85. The molecule has 1 aromatic heterocycles. The molecule has 0 aromatic carbocycles. The second kappa shape index (κ2) is 9.25. The van der Waals surface area contributed by atoms with E-state index in [9.17, 15) is 4.79 Å². The van der Waals surface area contributed by atoms with Gasteiger partial charge in [-0.2, -0.15) is 0 Å². The van der Waals surface area contributed by atoms with E-state index in [1.54, 1.807) is 12.3 Å². The number of piperidine rings is 1. The van der Waals surface area contributed by atoms with Crippen LogP contribution in [0.5, 0.6) is 0 Å². The van der Waals surface area contributed by atoms with Gasteiger partial charge in [-0.05, 0) is 32.3 Å². The Morgan fingerprint density at radius 3 is 2.65 bits per heavy atom. The largest absolute Gasteiger partial charge is 0.341 e. The van der Waals surface area contributed by atoms with Crippen LogP contribution in [0.15, 0.2) is 12.3 Å². The minimum absolute atomic E-state index is 0. The number of amides is 1. The van der Waals surface area contributed by atoms with Crippen LogP contribution in [0.4, 0.5) is 5.95 Å². The fourth-order valence-electron chi connectivity index (χ4n) is 3.00. The maximum absolute atomic E-state index is 12.6. The van der Waals surface area contributed by atoms with E-state index < -0.39 is 0 Å². The molecular weight excluding hydrogens is 337 g/mol. The lowest BCUT2D eigenvalue weighted by Crippen LogP contribution is -2.52. The van der Waals surface area contributed by atoms with E-state index in [0.717, 1.165) is 32.7 Å². The van der Waals surface area contributed by atoms with Crippen molar-refractivity contribution < 1.29 is 4.79 Å². The first-order chi connectivity index (χ1) is 10.3. The fraction of sp³-hybridized carbons (Fsp3) is 0.667. The topological polar surface area (TPSA) is 61.4 Å². The predicted molar refractivity (Wildman–Crippen MR) is 96.0 cm³/mol. The molecule has 1 aromatic rings. The van der Waals surface area contributed by atoms with Crippen LogP contribution in [0.25, 0.3) is 0 Å². The number of nitrogens with one attached hydrogen (secondary N) is 1. The number of hydrogen-bond acceptors (Lipinski definition) is 5. The SMILES string of the molecule is C[C@@H]1CNCCN1C(=O)c1ccnc(N2CCCCC2)n1.Cl.Cl. The minimum Gasteiger partial charge on any atom is -0.341 e. The fourth-order valence-corrected chi connectivity index (χ4v) is 3.00. The van der Waals surface area contributed by atoms with Crippen LogP contribution in [0.3, 0.4) is 0 Å². The second-order valence-electron chi connectivity index (χ2n) is 5.84. The van der Waals surface area contributed by atoms with Gasteiger partial charge in [0.25, 0.3) is 5.91 Å². The minimum atomic E-state index is 0. The molecule has 1 atom stereocenters. The monoisotopic (exact) mass is 361 g/mol. The molecule has 0 unspecified atom stereocenters. The van der Waals surface area contributed by atoms with Crippen LogP contribution in [0.1, 0.15) is 36.7 Å². The van der Waals surface area contributed by atoms with E-state index >= 15 is 0 Å². The Kier molecular flexibility index (Phi) is 8.02. The van der Waals surface area contributed by atoms with E-state index in [2.05, 4.69) is 27.1 Å². The standard InChI is InChI=1S/C15H23N5O.2ClH/c1-12-11-16-7-10-20(12)14(21)13-5-6-17-15(18-13)19-8-3-2-4-9-19;;/h5-6,12,16H,2-4,7-11H2,1H3;2*1H/t12-;;/m1../s1. The van der Waals surface area contributed by atoms with Crippen LogP contribution >= 0.6 is 24.8 Å². The third-order valence-electron chi connectivity index (χ3n) is 4.26. The van der Waals surface area contributed by atoms with Gasteiger partial charge in [0.05, 0.1) is 0 Å². The molecule has 0 saturated carbocycles. The number of hydrogen-bond donors (Lipinski definition) is 1. The second-order valence-corrected chi connectivity index (χ2v) is 5.84. The molecule has 130 valence electrons. The highest BCUT2D eigenvalue weighted by Gasteiger charge is 2.25. The van der Waals surface area contributed by atoms with Gasteiger partial charge in [0.2, 0.25) is 5.95 Å². The molecule has 23 heavy (non-hydrogen) atoms. The number of halogens is 2. The summed E-state index contributed by atoms with van der Waals surface area (Å²) >= 11 is 0. The molecule has 8 heteroatoms. The summed E-state index contributed by atoms with van der Waals surface area (Å²) in [7, 11) is 0. The van der Waals surface area contributed by atoms with Gasteiger partial charge in [-0.15, -0.1) is 24.8 Å². The summed E-state index contributed by atoms with van der Waals surface area (Å²) in [6.45, 7) is 6.47. The van der Waals surface area contributed by atoms with Crippen molar-refractivity contribution in [3.63, 3.8) is 0 Å². The molecule has 2 aliphatic heterocycles. The maximum atomic E-state index is 12.6. The molecule has 0 radical (unpaired) electrons. The van der Waals surface area contributed by atoms with Crippen molar-refractivity contribution in [1.82, 2.24) is 20.2 Å². The van der Waals surface area contributed by atoms with E-state index in [4.69, 9.17) is 0 Å². The van der Waals surface area contributed by atoms with Crippen LogP contribution in [-0.4, -0.2) is 59.5 Å². The maximum Gasteiger partial charge on any atom is 0.272 e. The Bertz CT molecular complexity index is 510. The van der Waals surface area contributed by atoms with Gasteiger partial charge in [-0.1, -0.05) is 0 Å². The lowest BCUT2D eigenvalue weighted by Gasteiger charge is -2.34. The quantitative estimate of drug-likeness (QED) is 0.869. The van der Waals surface area contributed by atoms with Crippen molar-refractivity contribution >= 4 is 36.7 Å². The van der Waals surface area contributed by atoms with Gasteiger partial charge in [-0.25, -0.2) is 9.97 Å². The Morgan fingerprint density at radius 1 is 1.22 bits per heavy atom. The zero-order chi connectivity index (χ0) is 14.7. The summed E-state index contributed by atoms with van der Waals surface area (Å²) in [6, 6.07) is 1.93. The van der Waals surface area contributed by atoms with E-state index in [1.807, 2.05) is 4.90 Å². The lowest BCUT2D eigenvalue weighted by atomic mass is 10.1. The number of nitrogens with zero attached hydrogens (tertiary/aromatic N) is 4. The highest BCUT2D eigenvalue weighted by atomic mass is 35.5. The van der Waals surface area contributed by atoms with Gasteiger partial charge in [0.15, 0.2) is 0 Å². The molecular formula is C15H25Cl2N5O. The average Bonchev–Trinajstić information content (AvgIpc) is 2.56. The number of carbonyl (C=O) groups excluding carboxylic acids is 1. The summed E-state index contributed by atoms with van der Waals surface area (Å²) in [6.07, 6.45) is 5.33. The van der Waals surface area contributed by atoms with Gasteiger partial charge >= 0.3 is 0 Å². The first kappa shape index (κ1) is 19.9. The lowest BCUT2D eigenvalue weighted by molar-refractivity contribution is 0.0649. The zero-order valence-corrected chi connectivity index (χ0v) is 15.0. The Labute approximate surface area is 149 Å². The number of carbonyl (C=O) groups is 1. The molecule has 6 nitrogen and oxygen atoms in total. The molecule has 0 spiro atoms. The summed E-state index contributed by atoms with van der Waals surface area (Å²) < 4.78 is 0. The molecule has 2 saturated heterocycles. The molecule has 3 heterocycles. The summed E-state index contributed by atoms with van der Waals surface area (Å²) in [4.78, 5) is 25.6. The number of anilines is 1. The van der Waals surface area contributed by atoms with Crippen molar-refractivity contribution in [3.05, 3.63) is 18.0 Å². The van der Waals surface area contributed by atoms with Crippen LogP contribution < -0.4 is 10.2 Å². The zero-order valence-electron chi connectivity index (χ0n) is 13.4. The van der Waals surface area contributed by atoms with Gasteiger partial charge in [-0.3, -0.25) is 4.79 Å². The van der Waals surface area contributed by atoms with E-state index in [-0.39, 0.29) is 36.8 Å². The van der Waals surface area contributed by atoms with Crippen LogP contribution in [0, 0.1) is 0 Å². The van der Waals surface area contributed by atoms with Crippen molar-refractivity contribution in [2.24, 2.45) is 0 Å². The number of rotatable bonds is 2. The van der Waals surface area contributed by atoms with Crippen molar-refractivity contribution in [2.45, 2.75) is 32.2 Å². The average molecular weight is 362 g/mol. The van der Waals surface area contributed by atoms with Crippen molar-refractivity contribution in [2.75, 3.05) is 37.6 Å². The van der Waals surface area contributed by atoms with Crippen molar-refractivity contribution in [3.8, 4) is 0 Å². The summed E-state index contributed by atoms with van der Waals surface area (Å²) in [5, 5.41) is 3.30.